The van der Waals surface area contributed by atoms with E-state index >= 15 is 0 Å². The van der Waals surface area contributed by atoms with Gasteiger partial charge in [0.2, 0.25) is 0 Å². The predicted octanol–water partition coefficient (Wildman–Crippen LogP) is 2.73. The quantitative estimate of drug-likeness (QED) is 0.918. The standard InChI is InChI=1S/C13H13BrN2O3/c1-9-15-4-5-16(9)6-7-19-12-8-10(14)2-3-11(12)13(17)18/h2-5,8H,6-7H2,1H3,(H,17,18). The van der Waals surface area contributed by atoms with Crippen molar-refractivity contribution in [2.75, 3.05) is 6.61 Å². The second-order valence-corrected chi connectivity index (χ2v) is 4.88. The zero-order valence-corrected chi connectivity index (χ0v) is 11.9. The number of hydrogen-bond donors (Lipinski definition) is 1. The first-order valence-electron chi connectivity index (χ1n) is 5.71. The van der Waals surface area contributed by atoms with Crippen LogP contribution in [0.25, 0.3) is 0 Å². The Morgan fingerprint density at radius 2 is 2.32 bits per heavy atom. The minimum Gasteiger partial charge on any atom is -0.491 e. The third-order valence-corrected chi connectivity index (χ3v) is 3.18. The first-order chi connectivity index (χ1) is 9.08. The monoisotopic (exact) mass is 324 g/mol. The highest BCUT2D eigenvalue weighted by molar-refractivity contribution is 9.10. The van der Waals surface area contributed by atoms with Crippen molar-refractivity contribution in [1.82, 2.24) is 9.55 Å². The van der Waals surface area contributed by atoms with Gasteiger partial charge in [-0.3, -0.25) is 0 Å². The van der Waals surface area contributed by atoms with Crippen LogP contribution in [0.3, 0.4) is 0 Å². The summed E-state index contributed by atoms with van der Waals surface area (Å²) in [5.41, 5.74) is 0.158. The lowest BCUT2D eigenvalue weighted by Gasteiger charge is -2.10. The summed E-state index contributed by atoms with van der Waals surface area (Å²) in [5, 5.41) is 9.07. The van der Waals surface area contributed by atoms with Crippen LogP contribution in [0.15, 0.2) is 35.1 Å². The first-order valence-corrected chi connectivity index (χ1v) is 6.50. The summed E-state index contributed by atoms with van der Waals surface area (Å²) in [4.78, 5) is 15.2. The van der Waals surface area contributed by atoms with Gasteiger partial charge < -0.3 is 14.4 Å². The van der Waals surface area contributed by atoms with E-state index in [0.29, 0.717) is 18.9 Å². The van der Waals surface area contributed by atoms with Gasteiger partial charge in [0.05, 0.1) is 6.54 Å². The van der Waals surface area contributed by atoms with Gasteiger partial charge in [0.25, 0.3) is 0 Å². The van der Waals surface area contributed by atoms with Gasteiger partial charge in [-0.1, -0.05) is 15.9 Å². The van der Waals surface area contributed by atoms with E-state index in [0.717, 1.165) is 10.3 Å². The van der Waals surface area contributed by atoms with Crippen molar-refractivity contribution < 1.29 is 14.6 Å². The fraction of sp³-hybridized carbons (Fsp3) is 0.231. The van der Waals surface area contributed by atoms with E-state index in [1.165, 1.54) is 6.07 Å². The van der Waals surface area contributed by atoms with Gasteiger partial charge in [-0.2, -0.15) is 0 Å². The lowest BCUT2D eigenvalue weighted by atomic mass is 10.2. The molecule has 1 aromatic carbocycles. The molecular weight excluding hydrogens is 312 g/mol. The van der Waals surface area contributed by atoms with Gasteiger partial charge in [0.15, 0.2) is 0 Å². The van der Waals surface area contributed by atoms with E-state index in [-0.39, 0.29) is 5.56 Å². The maximum absolute atomic E-state index is 11.1. The van der Waals surface area contributed by atoms with Gasteiger partial charge in [0, 0.05) is 16.9 Å². The summed E-state index contributed by atoms with van der Waals surface area (Å²) in [7, 11) is 0. The number of nitrogens with zero attached hydrogens (tertiary/aromatic N) is 2. The number of halogens is 1. The molecule has 6 heteroatoms. The van der Waals surface area contributed by atoms with Crippen LogP contribution in [-0.2, 0) is 6.54 Å². The maximum Gasteiger partial charge on any atom is 0.339 e. The summed E-state index contributed by atoms with van der Waals surface area (Å²) in [6.45, 7) is 2.91. The van der Waals surface area contributed by atoms with E-state index in [2.05, 4.69) is 20.9 Å². The minimum atomic E-state index is -0.999. The van der Waals surface area contributed by atoms with Crippen molar-refractivity contribution in [3.8, 4) is 5.75 Å². The number of aromatic carboxylic acids is 1. The molecule has 0 bridgehead atoms. The van der Waals surface area contributed by atoms with Crippen LogP contribution in [0.4, 0.5) is 0 Å². The summed E-state index contributed by atoms with van der Waals surface area (Å²) in [5.74, 6) is 0.261. The van der Waals surface area contributed by atoms with Crippen molar-refractivity contribution in [3.05, 3.63) is 46.5 Å². The number of ether oxygens (including phenoxy) is 1. The zero-order valence-electron chi connectivity index (χ0n) is 10.3. The molecule has 0 atom stereocenters. The van der Waals surface area contributed by atoms with Crippen LogP contribution in [0.5, 0.6) is 5.75 Å². The van der Waals surface area contributed by atoms with Gasteiger partial charge in [-0.25, -0.2) is 9.78 Å². The van der Waals surface area contributed by atoms with Gasteiger partial charge in [-0.05, 0) is 25.1 Å². The van der Waals surface area contributed by atoms with Gasteiger partial charge in [0.1, 0.15) is 23.7 Å². The highest BCUT2D eigenvalue weighted by Crippen LogP contribution is 2.23. The van der Waals surface area contributed by atoms with E-state index in [4.69, 9.17) is 9.84 Å². The van der Waals surface area contributed by atoms with Crippen LogP contribution in [0.1, 0.15) is 16.2 Å². The van der Waals surface area contributed by atoms with Crippen molar-refractivity contribution in [1.29, 1.82) is 0 Å². The normalized spacial score (nSPS) is 10.4. The van der Waals surface area contributed by atoms with Crippen LogP contribution < -0.4 is 4.74 Å². The fourth-order valence-corrected chi connectivity index (χ4v) is 2.03. The molecule has 1 N–H and O–H groups in total. The molecular formula is C13H13BrN2O3. The second-order valence-electron chi connectivity index (χ2n) is 3.96. The first kappa shape index (κ1) is 13.6. The third-order valence-electron chi connectivity index (χ3n) is 2.69. The molecule has 0 unspecified atom stereocenters. The predicted molar refractivity (Wildman–Crippen MR) is 73.6 cm³/mol. The Kier molecular flexibility index (Phi) is 4.21. The molecule has 0 aliphatic rings. The number of hydrogen-bond acceptors (Lipinski definition) is 3. The van der Waals surface area contributed by atoms with E-state index in [1.807, 2.05) is 17.7 Å². The molecule has 1 heterocycles. The number of carboxylic acid groups (broad SMARTS) is 1. The molecule has 0 aliphatic carbocycles. The molecule has 0 spiro atoms. The number of carboxylic acids is 1. The van der Waals surface area contributed by atoms with Gasteiger partial charge >= 0.3 is 5.97 Å². The molecule has 0 radical (unpaired) electrons. The van der Waals surface area contributed by atoms with Crippen LogP contribution in [0, 0.1) is 6.92 Å². The highest BCUT2D eigenvalue weighted by Gasteiger charge is 2.11. The Labute approximate surface area is 119 Å². The highest BCUT2D eigenvalue weighted by atomic mass is 79.9. The minimum absolute atomic E-state index is 0.158. The number of carbonyl (C=O) groups is 1. The summed E-state index contributed by atoms with van der Waals surface area (Å²) < 4.78 is 8.27. The molecule has 0 aliphatic heterocycles. The number of imidazole rings is 1. The molecule has 0 amide bonds. The molecule has 100 valence electrons. The zero-order chi connectivity index (χ0) is 13.8. The molecule has 5 nitrogen and oxygen atoms in total. The topological polar surface area (TPSA) is 64.4 Å². The smallest absolute Gasteiger partial charge is 0.339 e. The number of rotatable bonds is 5. The number of aromatic nitrogens is 2. The Hall–Kier alpha value is -1.82. The largest absolute Gasteiger partial charge is 0.491 e. The SMILES string of the molecule is Cc1nccn1CCOc1cc(Br)ccc1C(=O)O. The van der Waals surface area contributed by atoms with Crippen molar-refractivity contribution >= 4 is 21.9 Å². The average Bonchev–Trinajstić information content (AvgIpc) is 2.75. The Morgan fingerprint density at radius 3 is 2.95 bits per heavy atom. The summed E-state index contributed by atoms with van der Waals surface area (Å²) >= 11 is 3.30. The number of aryl methyl sites for hydroxylation is 1. The van der Waals surface area contributed by atoms with E-state index < -0.39 is 5.97 Å². The maximum atomic E-state index is 11.1. The Morgan fingerprint density at radius 1 is 1.53 bits per heavy atom. The third kappa shape index (κ3) is 3.35. The average molecular weight is 325 g/mol. The molecule has 2 aromatic rings. The lowest BCUT2D eigenvalue weighted by Crippen LogP contribution is -2.11. The molecule has 0 fully saturated rings. The Balaban J connectivity index is 2.05. The molecule has 0 saturated heterocycles. The Bertz CT molecular complexity index is 595. The molecule has 1 aromatic heterocycles. The fourth-order valence-electron chi connectivity index (χ4n) is 1.69. The molecule has 19 heavy (non-hydrogen) atoms. The van der Waals surface area contributed by atoms with E-state index in [1.54, 1.807) is 18.3 Å². The van der Waals surface area contributed by atoms with Crippen molar-refractivity contribution in [3.63, 3.8) is 0 Å². The van der Waals surface area contributed by atoms with Crippen molar-refractivity contribution in [2.24, 2.45) is 0 Å². The summed E-state index contributed by atoms with van der Waals surface area (Å²) in [6.07, 6.45) is 3.58. The van der Waals surface area contributed by atoms with E-state index in [9.17, 15) is 4.79 Å². The van der Waals surface area contributed by atoms with Gasteiger partial charge in [-0.15, -0.1) is 0 Å². The summed E-state index contributed by atoms with van der Waals surface area (Å²) in [6, 6.07) is 4.85. The van der Waals surface area contributed by atoms with Crippen LogP contribution in [0.2, 0.25) is 0 Å². The number of benzene rings is 1. The molecule has 0 saturated carbocycles. The molecule has 2 rings (SSSR count). The second kappa shape index (κ2) is 5.88. The van der Waals surface area contributed by atoms with Crippen molar-refractivity contribution in [2.45, 2.75) is 13.5 Å². The van der Waals surface area contributed by atoms with Crippen LogP contribution in [-0.4, -0.2) is 27.2 Å². The lowest BCUT2D eigenvalue weighted by molar-refractivity contribution is 0.0692. The van der Waals surface area contributed by atoms with Crippen LogP contribution >= 0.6 is 15.9 Å².